The molecule has 0 aromatic heterocycles. The standard InChI is InChI=1S/C7H7FS.3C4H9.Sn/c8-7-4-2-1-3-6(7)5-9;3*1-3-4-2;/h1-4,9H,5H2;3*1,3-4H2,2H3;/q;;;;+1/p-1. The van der Waals surface area contributed by atoms with Crippen LogP contribution >= 0.6 is 8.95 Å². The van der Waals surface area contributed by atoms with Crippen LogP contribution < -0.4 is 0 Å². The number of hydrogen-bond acceptors (Lipinski definition) is 1. The van der Waals surface area contributed by atoms with Crippen LogP contribution in [-0.2, 0) is 5.75 Å². The maximum absolute atomic E-state index is 13.9. The predicted molar refractivity (Wildman–Crippen MR) is 103 cm³/mol. The second kappa shape index (κ2) is 11.8. The van der Waals surface area contributed by atoms with Crippen LogP contribution in [0.25, 0.3) is 0 Å². The van der Waals surface area contributed by atoms with Gasteiger partial charge in [0.2, 0.25) is 0 Å². The van der Waals surface area contributed by atoms with Crippen molar-refractivity contribution in [3.05, 3.63) is 35.6 Å². The first-order valence-electron chi connectivity index (χ1n) is 9.04. The van der Waals surface area contributed by atoms with E-state index in [0.29, 0.717) is 0 Å². The Bertz CT molecular complexity index is 386. The first kappa shape index (κ1) is 20.3. The third kappa shape index (κ3) is 7.25. The van der Waals surface area contributed by atoms with Gasteiger partial charge in [-0.2, -0.15) is 0 Å². The van der Waals surface area contributed by atoms with Crippen molar-refractivity contribution in [3.63, 3.8) is 0 Å². The zero-order chi connectivity index (χ0) is 16.3. The molecule has 3 heteroatoms. The zero-order valence-corrected chi connectivity index (χ0v) is 18.3. The fourth-order valence-corrected chi connectivity index (χ4v) is 25.3. The van der Waals surface area contributed by atoms with Gasteiger partial charge in [-0.25, -0.2) is 0 Å². The first-order valence-corrected chi connectivity index (χ1v) is 19.6. The molecule has 1 rings (SSSR count). The van der Waals surface area contributed by atoms with Crippen LogP contribution in [0.2, 0.25) is 13.3 Å². The Morgan fingerprint density at radius 1 is 0.864 bits per heavy atom. The molecule has 22 heavy (non-hydrogen) atoms. The Morgan fingerprint density at radius 3 is 1.82 bits per heavy atom. The quantitative estimate of drug-likeness (QED) is 0.311. The minimum absolute atomic E-state index is 0.0170. The summed E-state index contributed by atoms with van der Waals surface area (Å²) >= 11 is -2.17. The van der Waals surface area contributed by atoms with Gasteiger partial charge in [-0.15, -0.1) is 0 Å². The van der Waals surface area contributed by atoms with Gasteiger partial charge in [0, 0.05) is 0 Å². The Balaban J connectivity index is 2.78. The number of halogens is 1. The first-order chi connectivity index (χ1) is 10.7. The molecule has 0 spiro atoms. The van der Waals surface area contributed by atoms with Crippen LogP contribution in [0.1, 0.15) is 64.9 Å². The fourth-order valence-electron chi connectivity index (χ4n) is 2.93. The molecule has 0 nitrogen and oxygen atoms in total. The van der Waals surface area contributed by atoms with Crippen molar-refractivity contribution in [2.24, 2.45) is 0 Å². The SMILES string of the molecule is CCC[CH2][Sn]([CH2]CCC)([CH2]CCC)[S]Cc1ccccc1F. The maximum atomic E-state index is 13.9. The topological polar surface area (TPSA) is 0 Å². The van der Waals surface area contributed by atoms with Crippen molar-refractivity contribution in [2.45, 2.75) is 78.4 Å². The third-order valence-electron chi connectivity index (χ3n) is 4.45. The van der Waals surface area contributed by atoms with E-state index < -0.39 is 17.0 Å². The average molecular weight is 431 g/mol. The van der Waals surface area contributed by atoms with E-state index in [2.05, 4.69) is 29.7 Å². The molecule has 0 saturated carbocycles. The molecule has 0 unspecified atom stereocenters. The van der Waals surface area contributed by atoms with E-state index in [4.69, 9.17) is 0 Å². The third-order valence-corrected chi connectivity index (χ3v) is 26.9. The van der Waals surface area contributed by atoms with Gasteiger partial charge in [0.1, 0.15) is 0 Å². The Labute approximate surface area is 144 Å². The second-order valence-corrected chi connectivity index (χ2v) is 26.3. The van der Waals surface area contributed by atoms with Crippen LogP contribution in [0.4, 0.5) is 4.39 Å². The summed E-state index contributed by atoms with van der Waals surface area (Å²) < 4.78 is 18.4. The van der Waals surface area contributed by atoms with E-state index in [0.717, 1.165) is 11.3 Å². The number of benzene rings is 1. The summed E-state index contributed by atoms with van der Waals surface area (Å²) in [5.41, 5.74) is 0.915. The van der Waals surface area contributed by atoms with Crippen molar-refractivity contribution in [1.82, 2.24) is 0 Å². The monoisotopic (exact) mass is 432 g/mol. The van der Waals surface area contributed by atoms with Crippen molar-refractivity contribution in [1.29, 1.82) is 0 Å². The Morgan fingerprint density at radius 2 is 1.36 bits per heavy atom. The van der Waals surface area contributed by atoms with Gasteiger partial charge in [-0.1, -0.05) is 0 Å². The van der Waals surface area contributed by atoms with Crippen LogP contribution in [0, 0.1) is 5.82 Å². The molecule has 0 aliphatic carbocycles. The van der Waals surface area contributed by atoms with Crippen LogP contribution in [0.3, 0.4) is 0 Å². The fraction of sp³-hybridized carbons (Fsp3) is 0.684. The van der Waals surface area contributed by atoms with Crippen molar-refractivity contribution >= 4 is 25.9 Å². The molecule has 0 fully saturated rings. The summed E-state index contributed by atoms with van der Waals surface area (Å²) in [5.74, 6) is 0.886. The molecule has 0 atom stereocenters. The molecule has 0 aliphatic heterocycles. The van der Waals surface area contributed by atoms with Crippen LogP contribution in [-0.4, -0.2) is 17.0 Å². The number of unbranched alkanes of at least 4 members (excludes halogenated alkanes) is 3. The van der Waals surface area contributed by atoms with E-state index in [1.165, 1.54) is 51.8 Å². The van der Waals surface area contributed by atoms with E-state index >= 15 is 0 Å². The van der Waals surface area contributed by atoms with Crippen molar-refractivity contribution in [2.75, 3.05) is 0 Å². The number of hydrogen-bond donors (Lipinski definition) is 0. The molecular weight excluding hydrogens is 398 g/mol. The zero-order valence-electron chi connectivity index (χ0n) is 14.7. The summed E-state index contributed by atoms with van der Waals surface area (Å²) in [4.78, 5) is 0. The Kier molecular flexibility index (Phi) is 10.9. The molecular formula is C19H33FSSn. The van der Waals surface area contributed by atoms with Gasteiger partial charge in [-0.05, 0) is 0 Å². The van der Waals surface area contributed by atoms with Crippen molar-refractivity contribution < 1.29 is 4.39 Å². The minimum atomic E-state index is -2.17. The molecule has 1 aromatic carbocycles. The van der Waals surface area contributed by atoms with Gasteiger partial charge >= 0.3 is 144 Å². The van der Waals surface area contributed by atoms with E-state index in [1.54, 1.807) is 12.1 Å². The molecule has 0 aliphatic rings. The molecule has 0 bridgehead atoms. The van der Waals surface area contributed by atoms with E-state index in [-0.39, 0.29) is 5.82 Å². The second-order valence-electron chi connectivity index (χ2n) is 6.37. The van der Waals surface area contributed by atoms with E-state index in [1.807, 2.05) is 12.1 Å². The summed E-state index contributed by atoms with van der Waals surface area (Å²) in [6, 6.07) is 7.35. The van der Waals surface area contributed by atoms with Gasteiger partial charge in [0.05, 0.1) is 0 Å². The summed E-state index contributed by atoms with van der Waals surface area (Å²) in [6.45, 7) is 6.91. The van der Waals surface area contributed by atoms with Crippen LogP contribution in [0.15, 0.2) is 24.3 Å². The van der Waals surface area contributed by atoms with Gasteiger partial charge in [-0.3, -0.25) is 0 Å². The molecule has 126 valence electrons. The average Bonchev–Trinajstić information content (AvgIpc) is 2.55. The van der Waals surface area contributed by atoms with Gasteiger partial charge in [0.15, 0.2) is 0 Å². The summed E-state index contributed by atoms with van der Waals surface area (Å²) in [7, 11) is 2.23. The molecule has 0 N–H and O–H groups in total. The predicted octanol–water partition coefficient (Wildman–Crippen LogP) is 7.40. The molecule has 0 saturated heterocycles. The van der Waals surface area contributed by atoms with E-state index in [9.17, 15) is 4.39 Å². The number of rotatable bonds is 12. The normalized spacial score (nSPS) is 11.8. The molecule has 1 aromatic rings. The molecule has 0 heterocycles. The van der Waals surface area contributed by atoms with Crippen molar-refractivity contribution in [3.8, 4) is 0 Å². The summed E-state index contributed by atoms with van der Waals surface area (Å²) in [5, 5.41) is 0. The van der Waals surface area contributed by atoms with Gasteiger partial charge in [0.25, 0.3) is 0 Å². The molecule has 0 radical (unpaired) electrons. The molecule has 0 amide bonds. The Hall–Kier alpha value is 0.299. The van der Waals surface area contributed by atoms with Gasteiger partial charge < -0.3 is 0 Å². The van der Waals surface area contributed by atoms with Crippen LogP contribution in [0.5, 0.6) is 0 Å². The summed E-state index contributed by atoms with van der Waals surface area (Å²) in [6.07, 6.45) is 8.06.